The molecule has 1 saturated carbocycles. The molecule has 0 radical (unpaired) electrons. The van der Waals surface area contributed by atoms with Crippen molar-refractivity contribution in [2.24, 2.45) is 5.92 Å². The summed E-state index contributed by atoms with van der Waals surface area (Å²) in [6.07, 6.45) is 7.80. The van der Waals surface area contributed by atoms with Gasteiger partial charge in [0.2, 0.25) is 0 Å². The van der Waals surface area contributed by atoms with Crippen LogP contribution in [-0.4, -0.2) is 24.3 Å². The largest absolute Gasteiger partial charge is 0.366 e. The molecule has 16 heavy (non-hydrogen) atoms. The molecule has 1 N–H and O–H groups in total. The van der Waals surface area contributed by atoms with Crippen LogP contribution >= 0.6 is 0 Å². The molecule has 0 aromatic rings. The summed E-state index contributed by atoms with van der Waals surface area (Å²) in [4.78, 5) is 0. The normalized spacial score (nSPS) is 36.2. The molecule has 0 aromatic heterocycles. The molecule has 1 spiro atoms. The van der Waals surface area contributed by atoms with E-state index in [1.807, 2.05) is 0 Å². The van der Waals surface area contributed by atoms with Gasteiger partial charge in [-0.2, -0.15) is 0 Å². The van der Waals surface area contributed by atoms with Gasteiger partial charge in [0.25, 0.3) is 0 Å². The summed E-state index contributed by atoms with van der Waals surface area (Å²) in [5.74, 6) is 0.638. The molecule has 1 saturated heterocycles. The van der Waals surface area contributed by atoms with Crippen LogP contribution in [0.15, 0.2) is 0 Å². The Bertz CT molecular complexity index is 224. The van der Waals surface area contributed by atoms with E-state index in [1.54, 1.807) is 0 Å². The highest BCUT2D eigenvalue weighted by Crippen LogP contribution is 2.39. The first-order chi connectivity index (χ1) is 7.60. The third-order valence-electron chi connectivity index (χ3n) is 4.79. The van der Waals surface area contributed by atoms with Crippen LogP contribution in [-0.2, 0) is 4.74 Å². The molecule has 0 bridgehead atoms. The standard InChI is InChI=1S/C14H27NO/c1-4-12(2)13(3)10-15-11-14(16-13)8-6-5-7-9-14/h12,15H,4-11H2,1-3H3. The van der Waals surface area contributed by atoms with Gasteiger partial charge in [-0.1, -0.05) is 39.5 Å². The topological polar surface area (TPSA) is 21.3 Å². The Morgan fingerprint density at radius 3 is 2.50 bits per heavy atom. The fourth-order valence-electron chi connectivity index (χ4n) is 3.29. The van der Waals surface area contributed by atoms with Crippen molar-refractivity contribution >= 4 is 0 Å². The number of hydrogen-bond donors (Lipinski definition) is 1. The number of rotatable bonds is 2. The maximum atomic E-state index is 6.59. The molecule has 1 aliphatic heterocycles. The molecule has 0 amide bonds. The summed E-state index contributed by atoms with van der Waals surface area (Å²) in [5.41, 5.74) is 0.207. The Labute approximate surface area is 100 Å². The maximum Gasteiger partial charge on any atom is 0.0814 e. The molecule has 2 nitrogen and oxygen atoms in total. The van der Waals surface area contributed by atoms with Crippen molar-refractivity contribution in [3.63, 3.8) is 0 Å². The average Bonchev–Trinajstić information content (AvgIpc) is 2.28. The van der Waals surface area contributed by atoms with E-state index in [-0.39, 0.29) is 11.2 Å². The van der Waals surface area contributed by atoms with Crippen molar-refractivity contribution < 1.29 is 4.74 Å². The number of morpholine rings is 1. The lowest BCUT2D eigenvalue weighted by Gasteiger charge is -2.51. The predicted octanol–water partition coefficient (Wildman–Crippen LogP) is 3.11. The Morgan fingerprint density at radius 2 is 1.88 bits per heavy atom. The lowest BCUT2D eigenvalue weighted by atomic mass is 9.79. The summed E-state index contributed by atoms with van der Waals surface area (Å²) < 4.78 is 6.59. The van der Waals surface area contributed by atoms with Crippen molar-refractivity contribution in [3.8, 4) is 0 Å². The van der Waals surface area contributed by atoms with Gasteiger partial charge < -0.3 is 10.1 Å². The van der Waals surface area contributed by atoms with E-state index >= 15 is 0 Å². The summed E-state index contributed by atoms with van der Waals surface area (Å²) in [7, 11) is 0. The second-order valence-corrected chi connectivity index (χ2v) is 6.07. The van der Waals surface area contributed by atoms with Gasteiger partial charge in [0.05, 0.1) is 11.2 Å². The molecular weight excluding hydrogens is 198 g/mol. The number of hydrogen-bond acceptors (Lipinski definition) is 2. The third kappa shape index (κ3) is 2.28. The second-order valence-electron chi connectivity index (χ2n) is 6.07. The van der Waals surface area contributed by atoms with E-state index in [4.69, 9.17) is 4.74 Å². The molecule has 2 rings (SSSR count). The highest BCUT2D eigenvalue weighted by molar-refractivity contribution is 4.97. The average molecular weight is 225 g/mol. The van der Waals surface area contributed by atoms with Crippen LogP contribution in [0.3, 0.4) is 0 Å². The van der Waals surface area contributed by atoms with Crippen LogP contribution in [0, 0.1) is 5.92 Å². The molecule has 1 heterocycles. The van der Waals surface area contributed by atoms with Gasteiger partial charge in [0.15, 0.2) is 0 Å². The molecule has 2 aliphatic rings. The zero-order chi connectivity index (χ0) is 11.6. The summed E-state index contributed by atoms with van der Waals surface area (Å²) >= 11 is 0. The van der Waals surface area contributed by atoms with Crippen molar-refractivity contribution in [2.45, 2.75) is 70.5 Å². The highest BCUT2D eigenvalue weighted by atomic mass is 16.5. The van der Waals surface area contributed by atoms with Gasteiger partial charge in [-0.15, -0.1) is 0 Å². The molecule has 94 valence electrons. The minimum atomic E-state index is 0.0460. The zero-order valence-corrected chi connectivity index (χ0v) is 11.1. The van der Waals surface area contributed by atoms with Crippen LogP contribution in [0.25, 0.3) is 0 Å². The van der Waals surface area contributed by atoms with Gasteiger partial charge in [0.1, 0.15) is 0 Å². The smallest absolute Gasteiger partial charge is 0.0814 e. The predicted molar refractivity (Wildman–Crippen MR) is 67.6 cm³/mol. The molecule has 2 unspecified atom stereocenters. The van der Waals surface area contributed by atoms with E-state index in [1.165, 1.54) is 38.5 Å². The first kappa shape index (κ1) is 12.4. The number of nitrogens with one attached hydrogen (secondary N) is 1. The van der Waals surface area contributed by atoms with E-state index in [2.05, 4.69) is 26.1 Å². The van der Waals surface area contributed by atoms with E-state index < -0.39 is 0 Å². The molecule has 2 heteroatoms. The summed E-state index contributed by atoms with van der Waals surface area (Å²) in [5, 5.41) is 3.63. The fourth-order valence-corrected chi connectivity index (χ4v) is 3.29. The zero-order valence-electron chi connectivity index (χ0n) is 11.1. The van der Waals surface area contributed by atoms with Gasteiger partial charge in [-0.25, -0.2) is 0 Å². The van der Waals surface area contributed by atoms with Crippen LogP contribution in [0.4, 0.5) is 0 Å². The van der Waals surface area contributed by atoms with Crippen LogP contribution in [0.1, 0.15) is 59.3 Å². The highest BCUT2D eigenvalue weighted by Gasteiger charge is 2.45. The van der Waals surface area contributed by atoms with E-state index in [0.29, 0.717) is 5.92 Å². The minimum absolute atomic E-state index is 0.0460. The van der Waals surface area contributed by atoms with Crippen LogP contribution in [0.2, 0.25) is 0 Å². The molecule has 2 atom stereocenters. The Kier molecular flexibility index (Phi) is 3.60. The Morgan fingerprint density at radius 1 is 1.19 bits per heavy atom. The monoisotopic (exact) mass is 225 g/mol. The van der Waals surface area contributed by atoms with Crippen molar-refractivity contribution in [1.29, 1.82) is 0 Å². The van der Waals surface area contributed by atoms with Gasteiger partial charge in [0, 0.05) is 13.1 Å². The third-order valence-corrected chi connectivity index (χ3v) is 4.79. The van der Waals surface area contributed by atoms with Gasteiger partial charge in [-0.05, 0) is 25.7 Å². The first-order valence-corrected chi connectivity index (χ1v) is 7.01. The summed E-state index contributed by atoms with van der Waals surface area (Å²) in [6.45, 7) is 8.97. The van der Waals surface area contributed by atoms with Crippen LogP contribution in [0.5, 0.6) is 0 Å². The quantitative estimate of drug-likeness (QED) is 0.779. The SMILES string of the molecule is CCC(C)C1(C)CNCC2(CCCCC2)O1. The van der Waals surface area contributed by atoms with E-state index in [9.17, 15) is 0 Å². The Balaban J connectivity index is 2.07. The minimum Gasteiger partial charge on any atom is -0.366 e. The van der Waals surface area contributed by atoms with Crippen molar-refractivity contribution in [2.75, 3.05) is 13.1 Å². The molecular formula is C14H27NO. The van der Waals surface area contributed by atoms with Gasteiger partial charge >= 0.3 is 0 Å². The van der Waals surface area contributed by atoms with Gasteiger partial charge in [-0.3, -0.25) is 0 Å². The molecule has 0 aromatic carbocycles. The van der Waals surface area contributed by atoms with Crippen molar-refractivity contribution in [3.05, 3.63) is 0 Å². The number of ether oxygens (including phenoxy) is 1. The molecule has 2 fully saturated rings. The Hall–Kier alpha value is -0.0800. The summed E-state index contributed by atoms with van der Waals surface area (Å²) in [6, 6.07) is 0. The van der Waals surface area contributed by atoms with Crippen molar-refractivity contribution in [1.82, 2.24) is 5.32 Å². The second kappa shape index (κ2) is 4.66. The lowest BCUT2D eigenvalue weighted by molar-refractivity contribution is -0.203. The lowest BCUT2D eigenvalue weighted by Crippen LogP contribution is -2.62. The molecule has 1 aliphatic carbocycles. The first-order valence-electron chi connectivity index (χ1n) is 7.01. The fraction of sp³-hybridized carbons (Fsp3) is 1.00. The van der Waals surface area contributed by atoms with E-state index in [0.717, 1.165) is 13.1 Å². The maximum absolute atomic E-state index is 6.59. The van der Waals surface area contributed by atoms with Crippen LogP contribution < -0.4 is 5.32 Å².